The molecule has 2 aromatic rings. The molecule has 0 aromatic heterocycles. The minimum atomic E-state index is -0.528. The van der Waals surface area contributed by atoms with Crippen molar-refractivity contribution >= 4 is 28.9 Å². The monoisotopic (exact) mass is 353 g/mol. The van der Waals surface area contributed by atoms with Gasteiger partial charge in [0.05, 0.1) is 11.6 Å². The van der Waals surface area contributed by atoms with Crippen LogP contribution < -0.4 is 16.0 Å². The number of carbonyl (C=O) groups excluding carboxylic acids is 1. The molecule has 6 heteroatoms. The number of aryl methyl sites for hydroxylation is 1. The van der Waals surface area contributed by atoms with Crippen LogP contribution >= 0.6 is 12.2 Å². The molecule has 2 aromatic carbocycles. The van der Waals surface area contributed by atoms with Gasteiger partial charge in [-0.1, -0.05) is 30.3 Å². The Morgan fingerprint density at radius 2 is 1.92 bits per heavy atom. The maximum absolute atomic E-state index is 12.9. The summed E-state index contributed by atoms with van der Waals surface area (Å²) in [5.74, 6) is -0.141. The van der Waals surface area contributed by atoms with Crippen LogP contribution in [0.1, 0.15) is 24.1 Å². The number of hydrogen-bond donors (Lipinski definition) is 4. The predicted octanol–water partition coefficient (Wildman–Crippen LogP) is 3.13. The number of aromatic hydroxyl groups is 1. The van der Waals surface area contributed by atoms with E-state index in [1.54, 1.807) is 25.1 Å². The lowest BCUT2D eigenvalue weighted by atomic mass is 9.94. The fraction of sp³-hybridized carbons (Fsp3) is 0.158. The molecule has 1 atom stereocenters. The quantitative estimate of drug-likeness (QED) is 0.638. The van der Waals surface area contributed by atoms with Crippen molar-refractivity contribution < 1.29 is 9.90 Å². The topological polar surface area (TPSA) is 73.4 Å². The fourth-order valence-corrected chi connectivity index (χ4v) is 3.15. The molecular weight excluding hydrogens is 334 g/mol. The van der Waals surface area contributed by atoms with Crippen molar-refractivity contribution in [2.75, 3.05) is 5.32 Å². The largest absolute Gasteiger partial charge is 0.508 e. The SMILES string of the molecule is CC1=C(C(=O)Nc2cccc(C)c2)[C@@H](c2ccccc2O)NC(=S)N1. The summed E-state index contributed by atoms with van der Waals surface area (Å²) in [6.07, 6.45) is 0. The van der Waals surface area contributed by atoms with Crippen LogP contribution in [0.5, 0.6) is 5.75 Å². The van der Waals surface area contributed by atoms with Crippen molar-refractivity contribution in [1.29, 1.82) is 0 Å². The summed E-state index contributed by atoms with van der Waals surface area (Å²) in [5, 5.41) is 19.6. The summed E-state index contributed by atoms with van der Waals surface area (Å²) < 4.78 is 0. The van der Waals surface area contributed by atoms with Crippen molar-refractivity contribution in [2.24, 2.45) is 0 Å². The van der Waals surface area contributed by atoms with E-state index in [9.17, 15) is 9.90 Å². The van der Waals surface area contributed by atoms with Gasteiger partial charge < -0.3 is 21.1 Å². The van der Waals surface area contributed by atoms with Crippen molar-refractivity contribution in [1.82, 2.24) is 10.6 Å². The average molecular weight is 353 g/mol. The molecule has 0 aliphatic carbocycles. The van der Waals surface area contributed by atoms with Gasteiger partial charge in [-0.3, -0.25) is 4.79 Å². The number of nitrogens with one attached hydrogen (secondary N) is 3. The second kappa shape index (κ2) is 6.94. The number of carbonyl (C=O) groups is 1. The summed E-state index contributed by atoms with van der Waals surface area (Å²) in [4.78, 5) is 12.9. The Morgan fingerprint density at radius 3 is 2.64 bits per heavy atom. The molecule has 25 heavy (non-hydrogen) atoms. The lowest BCUT2D eigenvalue weighted by Gasteiger charge is -2.30. The molecule has 0 spiro atoms. The van der Waals surface area contributed by atoms with Gasteiger partial charge in [0.25, 0.3) is 5.91 Å². The molecule has 0 saturated heterocycles. The van der Waals surface area contributed by atoms with Crippen LogP contribution in [0, 0.1) is 6.92 Å². The van der Waals surface area contributed by atoms with E-state index >= 15 is 0 Å². The van der Waals surface area contributed by atoms with E-state index in [0.717, 1.165) is 11.3 Å². The minimum Gasteiger partial charge on any atom is -0.508 e. The van der Waals surface area contributed by atoms with E-state index < -0.39 is 6.04 Å². The highest BCUT2D eigenvalue weighted by molar-refractivity contribution is 7.80. The molecule has 0 radical (unpaired) electrons. The van der Waals surface area contributed by atoms with Crippen LogP contribution in [-0.4, -0.2) is 16.1 Å². The van der Waals surface area contributed by atoms with Gasteiger partial charge in [0.1, 0.15) is 5.75 Å². The van der Waals surface area contributed by atoms with E-state index in [1.807, 2.05) is 37.3 Å². The first-order valence-electron chi connectivity index (χ1n) is 7.90. The van der Waals surface area contributed by atoms with Gasteiger partial charge in [0.2, 0.25) is 0 Å². The molecule has 0 saturated carbocycles. The van der Waals surface area contributed by atoms with E-state index in [2.05, 4.69) is 16.0 Å². The number of anilines is 1. The Kier molecular flexibility index (Phi) is 4.72. The van der Waals surface area contributed by atoms with Crippen molar-refractivity contribution in [3.8, 4) is 5.75 Å². The van der Waals surface area contributed by atoms with Gasteiger partial charge in [0.15, 0.2) is 5.11 Å². The molecule has 1 amide bonds. The summed E-state index contributed by atoms with van der Waals surface area (Å²) in [5.41, 5.74) is 3.51. The molecule has 128 valence electrons. The van der Waals surface area contributed by atoms with Gasteiger partial charge in [-0.05, 0) is 49.8 Å². The fourth-order valence-electron chi connectivity index (χ4n) is 2.88. The molecule has 1 aliphatic heterocycles. The van der Waals surface area contributed by atoms with Crippen LogP contribution in [0.3, 0.4) is 0 Å². The number of thiocarbonyl (C=S) groups is 1. The second-order valence-electron chi connectivity index (χ2n) is 5.95. The number of phenols is 1. The first-order chi connectivity index (χ1) is 12.0. The van der Waals surface area contributed by atoms with Crippen molar-refractivity contribution in [2.45, 2.75) is 19.9 Å². The molecular formula is C19H19N3O2S. The smallest absolute Gasteiger partial charge is 0.255 e. The van der Waals surface area contributed by atoms with Crippen LogP contribution in [0.2, 0.25) is 0 Å². The Labute approximate surface area is 151 Å². The number of hydrogen-bond acceptors (Lipinski definition) is 3. The molecule has 0 bridgehead atoms. The number of benzene rings is 2. The first-order valence-corrected chi connectivity index (χ1v) is 8.30. The maximum Gasteiger partial charge on any atom is 0.255 e. The Balaban J connectivity index is 1.97. The highest BCUT2D eigenvalue weighted by atomic mass is 32.1. The van der Waals surface area contributed by atoms with E-state index in [-0.39, 0.29) is 11.7 Å². The third-order valence-electron chi connectivity index (χ3n) is 4.04. The van der Waals surface area contributed by atoms with Crippen molar-refractivity contribution in [3.63, 3.8) is 0 Å². The first kappa shape index (κ1) is 17.0. The number of amides is 1. The summed E-state index contributed by atoms with van der Waals surface area (Å²) >= 11 is 5.22. The lowest BCUT2D eigenvalue weighted by Crippen LogP contribution is -2.45. The van der Waals surface area contributed by atoms with Crippen LogP contribution in [0.25, 0.3) is 0 Å². The van der Waals surface area contributed by atoms with Gasteiger partial charge in [-0.15, -0.1) is 0 Å². The highest BCUT2D eigenvalue weighted by Gasteiger charge is 2.31. The molecule has 3 rings (SSSR count). The zero-order valence-electron chi connectivity index (χ0n) is 14.0. The zero-order chi connectivity index (χ0) is 18.0. The normalized spacial score (nSPS) is 16.9. The van der Waals surface area contributed by atoms with Crippen LogP contribution in [-0.2, 0) is 4.79 Å². The number of allylic oxidation sites excluding steroid dienone is 1. The van der Waals surface area contributed by atoms with Gasteiger partial charge in [0, 0.05) is 16.9 Å². The molecule has 0 fully saturated rings. The predicted molar refractivity (Wildman–Crippen MR) is 102 cm³/mol. The Bertz CT molecular complexity index is 876. The number of para-hydroxylation sites is 1. The van der Waals surface area contributed by atoms with Crippen LogP contribution in [0.15, 0.2) is 59.8 Å². The summed E-state index contributed by atoms with van der Waals surface area (Å²) in [6.45, 7) is 3.76. The van der Waals surface area contributed by atoms with Gasteiger partial charge in [-0.2, -0.15) is 0 Å². The zero-order valence-corrected chi connectivity index (χ0v) is 14.8. The third-order valence-corrected chi connectivity index (χ3v) is 4.26. The van der Waals surface area contributed by atoms with Crippen molar-refractivity contribution in [3.05, 3.63) is 70.9 Å². The molecule has 4 N–H and O–H groups in total. The molecule has 1 heterocycles. The standard InChI is InChI=1S/C19H19N3O2S/c1-11-6-5-7-13(10-11)21-18(24)16-12(2)20-19(25)22-17(16)14-8-3-4-9-15(14)23/h3-10,17,23H,1-2H3,(H,21,24)(H2,20,22,25)/t17-/m1/s1. The molecule has 5 nitrogen and oxygen atoms in total. The van der Waals surface area contributed by atoms with E-state index in [1.165, 1.54) is 0 Å². The average Bonchev–Trinajstić information content (AvgIpc) is 2.54. The molecule has 0 unspecified atom stereocenters. The van der Waals surface area contributed by atoms with Gasteiger partial charge >= 0.3 is 0 Å². The third kappa shape index (κ3) is 3.64. The second-order valence-corrected chi connectivity index (χ2v) is 6.36. The Hall–Kier alpha value is -2.86. The lowest BCUT2D eigenvalue weighted by molar-refractivity contribution is -0.113. The Morgan fingerprint density at radius 1 is 1.16 bits per heavy atom. The maximum atomic E-state index is 12.9. The summed E-state index contributed by atoms with van der Waals surface area (Å²) in [7, 11) is 0. The number of rotatable bonds is 3. The van der Waals surface area contributed by atoms with Gasteiger partial charge in [-0.25, -0.2) is 0 Å². The number of phenolic OH excluding ortho intramolecular Hbond substituents is 1. The van der Waals surface area contributed by atoms with E-state index in [0.29, 0.717) is 21.9 Å². The van der Waals surface area contributed by atoms with Crippen LogP contribution in [0.4, 0.5) is 5.69 Å². The molecule has 1 aliphatic rings. The highest BCUT2D eigenvalue weighted by Crippen LogP contribution is 2.32. The minimum absolute atomic E-state index is 0.110. The summed E-state index contributed by atoms with van der Waals surface area (Å²) in [6, 6.07) is 14.0. The van der Waals surface area contributed by atoms with E-state index in [4.69, 9.17) is 12.2 Å².